The van der Waals surface area contributed by atoms with E-state index >= 15 is 0 Å². The Bertz CT molecular complexity index is 1040. The van der Waals surface area contributed by atoms with Crippen LogP contribution < -0.4 is 0 Å². The van der Waals surface area contributed by atoms with Gasteiger partial charge in [0.05, 0.1) is 16.8 Å². The third kappa shape index (κ3) is 4.32. The summed E-state index contributed by atoms with van der Waals surface area (Å²) in [5.41, 5.74) is 0.304. The Morgan fingerprint density at radius 2 is 1.66 bits per heavy atom. The molecule has 1 heterocycles. The summed E-state index contributed by atoms with van der Waals surface area (Å²) < 4.78 is 85.5. The van der Waals surface area contributed by atoms with Crippen LogP contribution in [-0.4, -0.2) is 17.9 Å². The van der Waals surface area contributed by atoms with Crippen LogP contribution in [0.2, 0.25) is 0 Å². The number of hydrogen-bond acceptors (Lipinski definition) is 1. The van der Waals surface area contributed by atoms with Crippen LogP contribution in [-0.2, 0) is 17.6 Å². The van der Waals surface area contributed by atoms with E-state index in [1.54, 1.807) is 30.3 Å². The smallest absolute Gasteiger partial charge is 0.364 e. The topological polar surface area (TPSA) is 14.2 Å². The Morgan fingerprint density at radius 1 is 1.00 bits per heavy atom. The van der Waals surface area contributed by atoms with Crippen molar-refractivity contribution in [2.75, 3.05) is 7.11 Å². The Kier molecular flexibility index (Phi) is 5.49. The Labute approximate surface area is 163 Å². The second-order valence-electron chi connectivity index (χ2n) is 6.53. The molecule has 3 rings (SSSR count). The van der Waals surface area contributed by atoms with Crippen molar-refractivity contribution in [1.82, 2.24) is 4.57 Å². The van der Waals surface area contributed by atoms with Gasteiger partial charge in [0, 0.05) is 24.1 Å². The van der Waals surface area contributed by atoms with Crippen LogP contribution in [0.5, 0.6) is 0 Å². The zero-order chi connectivity index (χ0) is 21.4. The van der Waals surface area contributed by atoms with Gasteiger partial charge < -0.3 is 9.30 Å². The SMILES string of the molecule is COCn1c(-c2ccccc2)c(/C(C)=C/C(F)(F)F)c2ccc(C(F)(F)F)cc21. The number of hydrogen-bond donors (Lipinski definition) is 0. The Balaban J connectivity index is 2.44. The lowest BCUT2D eigenvalue weighted by Gasteiger charge is -2.13. The Morgan fingerprint density at radius 3 is 2.21 bits per heavy atom. The zero-order valence-electron chi connectivity index (χ0n) is 15.5. The van der Waals surface area contributed by atoms with Crippen LogP contribution in [0.3, 0.4) is 0 Å². The molecule has 0 aliphatic carbocycles. The third-order valence-electron chi connectivity index (χ3n) is 4.47. The first-order valence-electron chi connectivity index (χ1n) is 8.57. The predicted octanol–water partition coefficient (Wildman–Crippen LogP) is 6.90. The lowest BCUT2D eigenvalue weighted by Crippen LogP contribution is -2.06. The highest BCUT2D eigenvalue weighted by molar-refractivity contribution is 6.01. The lowest BCUT2D eigenvalue weighted by molar-refractivity contribution is -0.137. The van der Waals surface area contributed by atoms with Gasteiger partial charge in [-0.2, -0.15) is 26.3 Å². The van der Waals surface area contributed by atoms with Crippen molar-refractivity contribution >= 4 is 16.5 Å². The minimum absolute atomic E-state index is 0.101. The number of fused-ring (bicyclic) bond motifs is 1. The van der Waals surface area contributed by atoms with E-state index in [0.717, 1.165) is 12.1 Å². The predicted molar refractivity (Wildman–Crippen MR) is 99.1 cm³/mol. The molecule has 2 aromatic carbocycles. The quantitative estimate of drug-likeness (QED) is 0.425. The number of aromatic nitrogens is 1. The van der Waals surface area contributed by atoms with Gasteiger partial charge in [0.2, 0.25) is 0 Å². The van der Waals surface area contributed by atoms with Crippen molar-refractivity contribution in [3.8, 4) is 11.3 Å². The van der Waals surface area contributed by atoms with E-state index < -0.39 is 17.9 Å². The highest BCUT2D eigenvalue weighted by Gasteiger charge is 2.32. The summed E-state index contributed by atoms with van der Waals surface area (Å²) in [6, 6.07) is 11.6. The van der Waals surface area contributed by atoms with Crippen LogP contribution in [0.1, 0.15) is 18.1 Å². The molecule has 0 radical (unpaired) electrons. The zero-order valence-corrected chi connectivity index (χ0v) is 15.5. The van der Waals surface area contributed by atoms with Crippen molar-refractivity contribution in [1.29, 1.82) is 0 Å². The van der Waals surface area contributed by atoms with Crippen LogP contribution in [0.15, 0.2) is 54.6 Å². The minimum Gasteiger partial charge on any atom is -0.364 e. The van der Waals surface area contributed by atoms with E-state index in [1.165, 1.54) is 24.7 Å². The standard InChI is InChI=1S/C21H17F6NO/c1-13(11-20(22,23)24)18-16-9-8-15(21(25,26)27)10-17(16)28(12-29-2)19(18)14-6-4-3-5-7-14/h3-11H,12H2,1-2H3/b13-11+. The molecule has 154 valence electrons. The summed E-state index contributed by atoms with van der Waals surface area (Å²) in [7, 11) is 1.37. The highest BCUT2D eigenvalue weighted by Crippen LogP contribution is 2.41. The maximum absolute atomic E-state index is 13.2. The van der Waals surface area contributed by atoms with Crippen molar-refractivity contribution < 1.29 is 31.1 Å². The molecule has 8 heteroatoms. The molecule has 0 N–H and O–H groups in total. The van der Waals surface area contributed by atoms with Gasteiger partial charge in [-0.1, -0.05) is 36.4 Å². The molecular formula is C21H17F6NO. The summed E-state index contributed by atoms with van der Waals surface area (Å²) in [4.78, 5) is 0. The number of methoxy groups -OCH3 is 1. The number of alkyl halides is 6. The molecule has 29 heavy (non-hydrogen) atoms. The Hall–Kier alpha value is -2.74. The third-order valence-corrected chi connectivity index (χ3v) is 4.47. The molecule has 0 saturated carbocycles. The molecule has 3 aromatic rings. The number of allylic oxidation sites excluding steroid dienone is 2. The first-order valence-corrected chi connectivity index (χ1v) is 8.57. The molecule has 2 nitrogen and oxygen atoms in total. The van der Waals surface area contributed by atoms with Crippen LogP contribution in [0.4, 0.5) is 26.3 Å². The molecule has 0 aliphatic heterocycles. The molecule has 0 unspecified atom stereocenters. The molecular weight excluding hydrogens is 396 g/mol. The number of halogens is 6. The molecule has 0 spiro atoms. The molecule has 0 fully saturated rings. The van der Waals surface area contributed by atoms with Gasteiger partial charge in [-0.25, -0.2) is 0 Å². The van der Waals surface area contributed by atoms with E-state index in [4.69, 9.17) is 4.74 Å². The average molecular weight is 413 g/mol. The van der Waals surface area contributed by atoms with E-state index in [2.05, 4.69) is 0 Å². The maximum atomic E-state index is 13.2. The first kappa shape index (κ1) is 21.0. The summed E-state index contributed by atoms with van der Waals surface area (Å²) >= 11 is 0. The first-order chi connectivity index (χ1) is 13.5. The van der Waals surface area contributed by atoms with Gasteiger partial charge in [-0.15, -0.1) is 0 Å². The van der Waals surface area contributed by atoms with E-state index in [9.17, 15) is 26.3 Å². The molecule has 0 aliphatic rings. The molecule has 0 saturated heterocycles. The fourth-order valence-electron chi connectivity index (χ4n) is 3.40. The normalized spacial score (nSPS) is 13.3. The molecule has 0 bridgehead atoms. The maximum Gasteiger partial charge on any atom is 0.416 e. The van der Waals surface area contributed by atoms with Crippen LogP contribution in [0.25, 0.3) is 27.7 Å². The fraction of sp³-hybridized carbons (Fsp3) is 0.238. The number of rotatable bonds is 4. The van der Waals surface area contributed by atoms with Crippen molar-refractivity contribution in [3.05, 3.63) is 65.7 Å². The van der Waals surface area contributed by atoms with E-state index in [-0.39, 0.29) is 34.8 Å². The van der Waals surface area contributed by atoms with Gasteiger partial charge in [-0.05, 0) is 30.2 Å². The summed E-state index contributed by atoms with van der Waals surface area (Å²) in [5, 5.41) is 0.284. The molecule has 0 amide bonds. The largest absolute Gasteiger partial charge is 0.416 e. The highest BCUT2D eigenvalue weighted by atomic mass is 19.4. The van der Waals surface area contributed by atoms with E-state index in [1.807, 2.05) is 0 Å². The van der Waals surface area contributed by atoms with Gasteiger partial charge in [0.1, 0.15) is 6.73 Å². The van der Waals surface area contributed by atoms with Gasteiger partial charge in [-0.3, -0.25) is 0 Å². The molecule has 1 aromatic heterocycles. The van der Waals surface area contributed by atoms with Crippen LogP contribution in [0, 0.1) is 0 Å². The average Bonchev–Trinajstić information content (AvgIpc) is 2.94. The van der Waals surface area contributed by atoms with Crippen LogP contribution >= 0.6 is 0 Å². The van der Waals surface area contributed by atoms with E-state index in [0.29, 0.717) is 11.3 Å². The van der Waals surface area contributed by atoms with Crippen molar-refractivity contribution in [3.63, 3.8) is 0 Å². The summed E-state index contributed by atoms with van der Waals surface area (Å²) in [6.07, 6.45) is -9.00. The van der Waals surface area contributed by atoms with Gasteiger partial charge in [0.25, 0.3) is 0 Å². The van der Waals surface area contributed by atoms with Gasteiger partial charge >= 0.3 is 12.4 Å². The second kappa shape index (κ2) is 7.59. The summed E-state index contributed by atoms with van der Waals surface area (Å²) in [5.74, 6) is 0. The summed E-state index contributed by atoms with van der Waals surface area (Å²) in [6.45, 7) is 1.17. The lowest BCUT2D eigenvalue weighted by atomic mass is 9.98. The monoisotopic (exact) mass is 413 g/mol. The fourth-order valence-corrected chi connectivity index (χ4v) is 3.40. The van der Waals surface area contributed by atoms with Crippen molar-refractivity contribution in [2.45, 2.75) is 26.0 Å². The number of benzene rings is 2. The second-order valence-corrected chi connectivity index (χ2v) is 6.53. The number of ether oxygens (including phenoxy) is 1. The van der Waals surface area contributed by atoms with Crippen molar-refractivity contribution in [2.24, 2.45) is 0 Å². The number of nitrogens with zero attached hydrogens (tertiary/aromatic N) is 1. The molecule has 0 atom stereocenters. The van der Waals surface area contributed by atoms with Gasteiger partial charge in [0.15, 0.2) is 0 Å². The minimum atomic E-state index is -4.58.